The summed E-state index contributed by atoms with van der Waals surface area (Å²) in [5, 5.41) is 22.8. The molecule has 3 amide bonds. The smallest absolute Gasteiger partial charge is 0.410 e. The van der Waals surface area contributed by atoms with E-state index in [1.807, 2.05) is 57.5 Å². The summed E-state index contributed by atoms with van der Waals surface area (Å²) in [5.41, 5.74) is 4.33. The normalized spacial score (nSPS) is 22.9. The summed E-state index contributed by atoms with van der Waals surface area (Å²) in [4.78, 5) is 69.0. The van der Waals surface area contributed by atoms with E-state index in [0.29, 0.717) is 54.8 Å². The van der Waals surface area contributed by atoms with E-state index in [1.54, 1.807) is 27.2 Å². The summed E-state index contributed by atoms with van der Waals surface area (Å²) in [6.07, 6.45) is 13.0. The molecule has 3 aromatic carbocycles. The van der Waals surface area contributed by atoms with Crippen molar-refractivity contribution in [3.05, 3.63) is 101 Å². The van der Waals surface area contributed by atoms with Crippen LogP contribution in [0.3, 0.4) is 0 Å². The fraction of sp³-hybridized carbons (Fsp3) is 0.460. The number of benzene rings is 3. The molecular formula is C63H67F2N11O8S. The number of thiazole rings is 1. The lowest BCUT2D eigenvalue weighted by atomic mass is 9.91. The van der Waals surface area contributed by atoms with Crippen molar-refractivity contribution in [2.24, 2.45) is 5.92 Å². The van der Waals surface area contributed by atoms with Gasteiger partial charge in [-0.05, 0) is 118 Å². The van der Waals surface area contributed by atoms with Gasteiger partial charge in [0.25, 0.3) is 5.88 Å². The van der Waals surface area contributed by atoms with E-state index in [4.69, 9.17) is 35.1 Å². The average Bonchev–Trinajstić information content (AvgIpc) is 1.87. The Bertz CT molecular complexity index is 3760. The van der Waals surface area contributed by atoms with Crippen LogP contribution in [0.5, 0.6) is 17.6 Å². The molecule has 0 aliphatic carbocycles. The number of pyridine rings is 1. The van der Waals surface area contributed by atoms with E-state index >= 15 is 8.78 Å². The number of amides is 3. The van der Waals surface area contributed by atoms with Crippen molar-refractivity contribution in [1.29, 1.82) is 0 Å². The predicted octanol–water partition coefficient (Wildman–Crippen LogP) is 9.05. The van der Waals surface area contributed by atoms with Crippen LogP contribution in [0.4, 0.5) is 19.4 Å². The molecule has 6 aliphatic heterocycles. The summed E-state index contributed by atoms with van der Waals surface area (Å²) >= 11 is 1.59. The number of carbonyl (C=O) groups is 3. The third-order valence-corrected chi connectivity index (χ3v) is 19.2. The number of rotatable bonds is 16. The van der Waals surface area contributed by atoms with E-state index in [9.17, 15) is 19.5 Å². The van der Waals surface area contributed by atoms with Gasteiger partial charge in [-0.2, -0.15) is 9.97 Å². The maximum atomic E-state index is 17.3. The van der Waals surface area contributed by atoms with Crippen molar-refractivity contribution >= 4 is 56.7 Å². The van der Waals surface area contributed by atoms with Crippen LogP contribution < -0.4 is 25.0 Å². The summed E-state index contributed by atoms with van der Waals surface area (Å²) in [7, 11) is 0. The number of ether oxygens (including phenoxy) is 3. The minimum Gasteiger partial charge on any atom is -0.508 e. The lowest BCUT2D eigenvalue weighted by Crippen LogP contribution is -2.56. The molecule has 3 N–H and O–H groups in total. The first-order valence-electron chi connectivity index (χ1n) is 29.5. The second-order valence-electron chi connectivity index (χ2n) is 24.0. The number of phenolic OH excluding ortho intramolecular Hbond substituents is 1. The molecular weight excluding hydrogens is 1110 g/mol. The molecule has 10 heterocycles. The lowest BCUT2D eigenvalue weighted by molar-refractivity contribution is -0.141. The number of likely N-dealkylation sites (tertiary alicyclic amines) is 2. The van der Waals surface area contributed by atoms with Crippen LogP contribution in [-0.4, -0.2) is 151 Å². The minimum absolute atomic E-state index is 0.00489. The highest BCUT2D eigenvalue weighted by Crippen LogP contribution is 2.44. The van der Waals surface area contributed by atoms with Crippen LogP contribution in [0.15, 0.2) is 70.8 Å². The number of fused-ring (bicyclic) bond motifs is 5. The number of terminal acetylenes is 1. The van der Waals surface area contributed by atoms with Gasteiger partial charge in [-0.3, -0.25) is 19.5 Å². The molecule has 0 spiro atoms. The highest BCUT2D eigenvalue weighted by Gasteiger charge is 2.51. The predicted molar refractivity (Wildman–Crippen MR) is 314 cm³/mol. The van der Waals surface area contributed by atoms with Gasteiger partial charge in [0.15, 0.2) is 11.6 Å². The van der Waals surface area contributed by atoms with E-state index in [2.05, 4.69) is 41.5 Å². The molecule has 6 aliphatic rings. The van der Waals surface area contributed by atoms with Gasteiger partial charge in [-0.25, -0.2) is 18.6 Å². The summed E-state index contributed by atoms with van der Waals surface area (Å²) in [5.74, 6) is 0.569. The van der Waals surface area contributed by atoms with Gasteiger partial charge in [-0.1, -0.05) is 50.1 Å². The van der Waals surface area contributed by atoms with Crippen molar-refractivity contribution in [2.45, 2.75) is 127 Å². The third-order valence-electron chi connectivity index (χ3n) is 18.3. The molecule has 6 fully saturated rings. The van der Waals surface area contributed by atoms with Gasteiger partial charge < -0.3 is 49.2 Å². The molecule has 0 radical (unpaired) electrons. The molecule has 7 aromatic rings. The van der Waals surface area contributed by atoms with E-state index < -0.39 is 35.2 Å². The lowest BCUT2D eigenvalue weighted by Gasteiger charge is -2.38. The van der Waals surface area contributed by atoms with Crippen LogP contribution in [-0.2, 0) is 14.3 Å². The Kier molecular flexibility index (Phi) is 15.0. The fourth-order valence-electron chi connectivity index (χ4n) is 13.9. The fourth-order valence-corrected chi connectivity index (χ4v) is 14.7. The first-order valence-corrected chi connectivity index (χ1v) is 30.3. The maximum Gasteiger partial charge on any atom is 0.410 e. The second-order valence-corrected chi connectivity index (χ2v) is 24.9. The molecule has 19 nitrogen and oxygen atoms in total. The number of piperazine rings is 1. The van der Waals surface area contributed by atoms with Crippen LogP contribution in [0.1, 0.15) is 107 Å². The average molecular weight is 1180 g/mol. The van der Waals surface area contributed by atoms with E-state index in [0.717, 1.165) is 66.8 Å². The summed E-state index contributed by atoms with van der Waals surface area (Å²) < 4.78 is 56.9. The zero-order valence-corrected chi connectivity index (χ0v) is 48.7. The minimum atomic E-state index is -0.787. The molecule has 2 unspecified atom stereocenters. The molecule has 85 heavy (non-hydrogen) atoms. The number of aryl methyl sites for hydroxylation is 1. The van der Waals surface area contributed by atoms with Crippen LogP contribution in [0, 0.1) is 36.8 Å². The first-order chi connectivity index (χ1) is 41.1. The monoisotopic (exact) mass is 1180 g/mol. The number of carbonyl (C=O) groups excluding carboxylic acids is 3. The first kappa shape index (κ1) is 56.1. The second kappa shape index (κ2) is 22.8. The highest BCUT2D eigenvalue weighted by molar-refractivity contribution is 7.13. The zero-order chi connectivity index (χ0) is 58.8. The zero-order valence-electron chi connectivity index (χ0n) is 47.9. The van der Waals surface area contributed by atoms with Gasteiger partial charge in [0, 0.05) is 61.0 Å². The van der Waals surface area contributed by atoms with Crippen molar-refractivity contribution in [2.75, 3.05) is 57.4 Å². The number of phenols is 1. The van der Waals surface area contributed by atoms with Crippen LogP contribution >= 0.6 is 11.3 Å². The van der Waals surface area contributed by atoms with Crippen molar-refractivity contribution < 1.29 is 47.0 Å². The molecule has 2 bridgehead atoms. The number of nitrogens with one attached hydrogen (secondary N) is 2. The summed E-state index contributed by atoms with van der Waals surface area (Å²) in [6.45, 7) is 11.3. The van der Waals surface area contributed by atoms with Gasteiger partial charge in [0.2, 0.25) is 11.8 Å². The molecule has 13 rings (SSSR count). The molecule has 442 valence electrons. The molecule has 7 atom stereocenters. The molecule has 22 heteroatoms. The number of hydrogen-bond acceptors (Lipinski definition) is 17. The Hall–Kier alpha value is -8.00. The summed E-state index contributed by atoms with van der Waals surface area (Å²) in [6, 6.07) is 14.8. The van der Waals surface area contributed by atoms with Gasteiger partial charge in [0.05, 0.1) is 51.7 Å². The largest absolute Gasteiger partial charge is 0.508 e. The number of hydrogen-bond donors (Lipinski definition) is 3. The Morgan fingerprint density at radius 1 is 0.965 bits per heavy atom. The number of aromatic hydroxyl groups is 1. The number of anilines is 1. The molecule has 0 saturated carbocycles. The number of halogens is 2. The van der Waals surface area contributed by atoms with Gasteiger partial charge in [-0.15, -0.1) is 17.8 Å². The Morgan fingerprint density at radius 2 is 1.76 bits per heavy atom. The SMILES string of the molecule is C#Cc1c(F)ccc2cc(O)cc(-c3ncc4c(N5CC6CCC(C5)N6)nc(OC[C@]56CCCN5[C@H](COC(=O)N5CC(Oc7cc([C@H](C(=O)N8CCC[C@H]8C(=O)N[C@@H](C)c8ccc(-c9scnc9C)cc8)C(C)C)on7)C5)CC6)nc4c3F)c12. The standard InChI is InChI=1S/C63H67F2N11O8S/c1-6-45-48(64)17-14-39-23-43(77)24-46(53(39)45)55-54(65)56-47(26-66-55)58(73-27-40-15-16-41(28-73)69-40)71-61(70-56)82-32-63-19-8-22-76(63)42(18-20-63)31-81-62(80)74-29-44(30-74)83-51-25-50(84-72-51)52(34(2)3)60(79)75-21-7-9-49(75)59(78)68-35(4)37-10-12-38(13-11-37)57-36(5)67-33-85-57/h1,10-14,17,23-26,33-35,40-42,44,49,52,69,77H,7-9,15-16,18-22,27-32H2,2-5H3,(H,68,78)/t35-,40?,41?,42-,49-,52+,63+/m0/s1. The Morgan fingerprint density at radius 3 is 2.52 bits per heavy atom. The van der Waals surface area contributed by atoms with E-state index in [-0.39, 0.29) is 120 Å². The van der Waals surface area contributed by atoms with Crippen molar-refractivity contribution in [3.63, 3.8) is 0 Å². The third kappa shape index (κ3) is 10.6. The number of aromatic nitrogens is 5. The Balaban J connectivity index is 0.626. The van der Waals surface area contributed by atoms with Crippen molar-refractivity contribution in [1.82, 2.24) is 50.4 Å². The Labute approximate surface area is 494 Å². The highest BCUT2D eigenvalue weighted by atomic mass is 32.1. The quantitative estimate of drug-likeness (QED) is 0.0770. The maximum absolute atomic E-state index is 17.3. The van der Waals surface area contributed by atoms with Gasteiger partial charge >= 0.3 is 12.1 Å². The van der Waals surface area contributed by atoms with E-state index in [1.165, 1.54) is 30.5 Å². The topological polar surface area (TPSA) is 214 Å². The van der Waals surface area contributed by atoms with Crippen LogP contribution in [0.2, 0.25) is 0 Å². The number of nitrogens with zero attached hydrogens (tertiary/aromatic N) is 9. The van der Waals surface area contributed by atoms with Gasteiger partial charge in [0.1, 0.15) is 59.9 Å². The van der Waals surface area contributed by atoms with Crippen LogP contribution in [0.25, 0.3) is 43.4 Å². The molecule has 6 saturated heterocycles. The molecule has 4 aromatic heterocycles. The van der Waals surface area contributed by atoms with Crippen molar-refractivity contribution in [3.8, 4) is 51.7 Å².